The molecule has 3 heterocycles. The van der Waals surface area contributed by atoms with Crippen LogP contribution in [0.25, 0.3) is 16.2 Å². The summed E-state index contributed by atoms with van der Waals surface area (Å²) < 4.78 is 2.22. The second-order valence-corrected chi connectivity index (χ2v) is 6.81. The van der Waals surface area contributed by atoms with Gasteiger partial charge in [0.2, 0.25) is 0 Å². The lowest BCUT2D eigenvalue weighted by Crippen LogP contribution is -2.43. The number of benzene rings is 1. The number of fused-ring (bicyclic) bond motifs is 1. The standard InChI is InChI=1S/C16H17ClN4S/c17-13-3-1-12(2-4-13)15-14(11-20-7-5-18-6-8-20)21-9-10-22-16(21)19-15/h1-4,9-10,18H,5-8,11H2. The number of imidazole rings is 1. The van der Waals surface area contributed by atoms with Gasteiger partial charge in [-0.05, 0) is 12.1 Å². The molecule has 0 spiro atoms. The van der Waals surface area contributed by atoms with Crippen LogP contribution in [-0.4, -0.2) is 40.5 Å². The molecule has 0 amide bonds. The number of nitrogens with one attached hydrogen (secondary N) is 1. The molecule has 1 saturated heterocycles. The first-order valence-electron chi connectivity index (χ1n) is 7.45. The summed E-state index contributed by atoms with van der Waals surface area (Å²) in [7, 11) is 0. The molecule has 1 N–H and O–H groups in total. The molecule has 0 bridgehead atoms. The van der Waals surface area contributed by atoms with Crippen LogP contribution >= 0.6 is 22.9 Å². The summed E-state index contributed by atoms with van der Waals surface area (Å²) in [4.78, 5) is 8.37. The summed E-state index contributed by atoms with van der Waals surface area (Å²) in [5, 5.41) is 6.25. The molecule has 4 nitrogen and oxygen atoms in total. The molecular weight excluding hydrogens is 316 g/mol. The molecule has 1 aliphatic rings. The van der Waals surface area contributed by atoms with E-state index in [4.69, 9.17) is 16.6 Å². The fourth-order valence-electron chi connectivity index (χ4n) is 2.90. The normalized spacial score (nSPS) is 16.4. The molecule has 22 heavy (non-hydrogen) atoms. The van der Waals surface area contributed by atoms with Crippen LogP contribution in [0.5, 0.6) is 0 Å². The van der Waals surface area contributed by atoms with Crippen LogP contribution in [0, 0.1) is 0 Å². The Bertz CT molecular complexity index is 771. The van der Waals surface area contributed by atoms with E-state index in [2.05, 4.69) is 38.3 Å². The number of rotatable bonds is 3. The van der Waals surface area contributed by atoms with Crippen molar-refractivity contribution in [3.63, 3.8) is 0 Å². The van der Waals surface area contributed by atoms with Gasteiger partial charge in [-0.3, -0.25) is 9.30 Å². The van der Waals surface area contributed by atoms with Crippen molar-refractivity contribution in [2.24, 2.45) is 0 Å². The van der Waals surface area contributed by atoms with Gasteiger partial charge in [-0.25, -0.2) is 4.98 Å². The fraction of sp³-hybridized carbons (Fsp3) is 0.312. The first kappa shape index (κ1) is 14.2. The van der Waals surface area contributed by atoms with E-state index in [0.29, 0.717) is 0 Å². The smallest absolute Gasteiger partial charge is 0.194 e. The molecule has 6 heteroatoms. The Labute approximate surface area is 138 Å². The van der Waals surface area contributed by atoms with Gasteiger partial charge in [0, 0.05) is 54.9 Å². The first-order valence-corrected chi connectivity index (χ1v) is 8.70. The number of thiazole rings is 1. The highest BCUT2D eigenvalue weighted by Gasteiger charge is 2.18. The Kier molecular flexibility index (Phi) is 3.88. The molecule has 2 aromatic heterocycles. The van der Waals surface area contributed by atoms with Crippen LogP contribution in [0.15, 0.2) is 35.8 Å². The van der Waals surface area contributed by atoms with Crippen LogP contribution in [-0.2, 0) is 6.54 Å². The largest absolute Gasteiger partial charge is 0.314 e. The molecule has 0 aliphatic carbocycles. The van der Waals surface area contributed by atoms with Gasteiger partial charge in [-0.2, -0.15) is 0 Å². The van der Waals surface area contributed by atoms with Crippen molar-refractivity contribution in [3.8, 4) is 11.3 Å². The maximum Gasteiger partial charge on any atom is 0.194 e. The number of halogens is 1. The number of nitrogens with zero attached hydrogens (tertiary/aromatic N) is 3. The Balaban J connectivity index is 1.75. The van der Waals surface area contributed by atoms with Crippen molar-refractivity contribution in [1.29, 1.82) is 0 Å². The average Bonchev–Trinajstić information content (AvgIpc) is 3.12. The van der Waals surface area contributed by atoms with E-state index in [1.165, 1.54) is 5.69 Å². The van der Waals surface area contributed by atoms with E-state index in [-0.39, 0.29) is 0 Å². The van der Waals surface area contributed by atoms with Gasteiger partial charge in [-0.15, -0.1) is 11.3 Å². The number of aromatic nitrogens is 2. The molecule has 1 aromatic carbocycles. The van der Waals surface area contributed by atoms with Crippen molar-refractivity contribution < 1.29 is 0 Å². The third kappa shape index (κ3) is 2.65. The number of hydrogen-bond acceptors (Lipinski definition) is 4. The van der Waals surface area contributed by atoms with Crippen LogP contribution in [0.2, 0.25) is 5.02 Å². The Hall–Kier alpha value is -1.40. The zero-order valence-corrected chi connectivity index (χ0v) is 13.7. The number of hydrogen-bond donors (Lipinski definition) is 1. The lowest BCUT2D eigenvalue weighted by molar-refractivity contribution is 0.230. The minimum absolute atomic E-state index is 0.758. The van der Waals surface area contributed by atoms with Crippen molar-refractivity contribution in [2.75, 3.05) is 26.2 Å². The molecule has 0 unspecified atom stereocenters. The van der Waals surface area contributed by atoms with Crippen molar-refractivity contribution in [2.45, 2.75) is 6.54 Å². The summed E-state index contributed by atoms with van der Waals surface area (Å²) >= 11 is 7.69. The maximum absolute atomic E-state index is 6.01. The van der Waals surface area contributed by atoms with E-state index >= 15 is 0 Å². The molecule has 1 fully saturated rings. The molecule has 0 saturated carbocycles. The van der Waals surface area contributed by atoms with Crippen molar-refractivity contribution in [1.82, 2.24) is 19.6 Å². The summed E-state index contributed by atoms with van der Waals surface area (Å²) in [6.07, 6.45) is 2.12. The van der Waals surface area contributed by atoms with Crippen LogP contribution < -0.4 is 5.32 Å². The zero-order valence-electron chi connectivity index (χ0n) is 12.1. The Morgan fingerprint density at radius 3 is 2.73 bits per heavy atom. The molecule has 3 aromatic rings. The van der Waals surface area contributed by atoms with Gasteiger partial charge >= 0.3 is 0 Å². The van der Waals surface area contributed by atoms with Crippen molar-refractivity contribution in [3.05, 3.63) is 46.6 Å². The van der Waals surface area contributed by atoms with E-state index in [0.717, 1.165) is 54.0 Å². The monoisotopic (exact) mass is 332 g/mol. The fourth-order valence-corrected chi connectivity index (χ4v) is 3.76. The maximum atomic E-state index is 6.01. The summed E-state index contributed by atoms with van der Waals surface area (Å²) in [5.41, 5.74) is 3.47. The molecule has 0 atom stereocenters. The highest BCUT2D eigenvalue weighted by Crippen LogP contribution is 2.28. The summed E-state index contributed by atoms with van der Waals surface area (Å²) in [5.74, 6) is 0. The third-order valence-electron chi connectivity index (χ3n) is 4.06. The quantitative estimate of drug-likeness (QED) is 0.800. The first-order chi connectivity index (χ1) is 10.8. The van der Waals surface area contributed by atoms with Gasteiger partial charge in [-0.1, -0.05) is 23.7 Å². The zero-order chi connectivity index (χ0) is 14.9. The van der Waals surface area contributed by atoms with Gasteiger partial charge in [0.15, 0.2) is 4.96 Å². The SMILES string of the molecule is Clc1ccc(-c2nc3sccn3c2CN2CCNCC2)cc1. The minimum atomic E-state index is 0.758. The van der Waals surface area contributed by atoms with Gasteiger partial charge in [0.25, 0.3) is 0 Å². The lowest BCUT2D eigenvalue weighted by Gasteiger charge is -2.27. The van der Waals surface area contributed by atoms with Crippen LogP contribution in [0.4, 0.5) is 0 Å². The highest BCUT2D eigenvalue weighted by molar-refractivity contribution is 7.15. The Morgan fingerprint density at radius 2 is 1.95 bits per heavy atom. The van der Waals surface area contributed by atoms with Gasteiger partial charge < -0.3 is 5.32 Å². The van der Waals surface area contributed by atoms with Crippen LogP contribution in [0.3, 0.4) is 0 Å². The minimum Gasteiger partial charge on any atom is -0.314 e. The Morgan fingerprint density at radius 1 is 1.18 bits per heavy atom. The summed E-state index contributed by atoms with van der Waals surface area (Å²) in [6.45, 7) is 5.20. The topological polar surface area (TPSA) is 32.6 Å². The second-order valence-electron chi connectivity index (χ2n) is 5.50. The predicted molar refractivity (Wildman–Crippen MR) is 91.7 cm³/mol. The van der Waals surface area contributed by atoms with E-state index in [9.17, 15) is 0 Å². The molecule has 4 rings (SSSR count). The number of piperazine rings is 1. The van der Waals surface area contributed by atoms with E-state index in [1.54, 1.807) is 11.3 Å². The van der Waals surface area contributed by atoms with E-state index in [1.807, 2.05) is 12.1 Å². The molecule has 1 aliphatic heterocycles. The van der Waals surface area contributed by atoms with Crippen LogP contribution in [0.1, 0.15) is 5.69 Å². The predicted octanol–water partition coefficient (Wildman–Crippen LogP) is 3.12. The molecule has 114 valence electrons. The van der Waals surface area contributed by atoms with Gasteiger partial charge in [0.1, 0.15) is 0 Å². The summed E-state index contributed by atoms with van der Waals surface area (Å²) in [6, 6.07) is 7.96. The lowest BCUT2D eigenvalue weighted by atomic mass is 10.1. The molecule has 0 radical (unpaired) electrons. The highest BCUT2D eigenvalue weighted by atomic mass is 35.5. The van der Waals surface area contributed by atoms with Crippen molar-refractivity contribution >= 4 is 27.9 Å². The average molecular weight is 333 g/mol. The second kappa shape index (κ2) is 6.01. The van der Waals surface area contributed by atoms with Gasteiger partial charge in [0.05, 0.1) is 11.4 Å². The molecular formula is C16H17ClN4S. The van der Waals surface area contributed by atoms with E-state index < -0.39 is 0 Å². The third-order valence-corrected chi connectivity index (χ3v) is 5.07.